The van der Waals surface area contributed by atoms with Crippen LogP contribution in [0.5, 0.6) is 0 Å². The highest BCUT2D eigenvalue weighted by Gasteiger charge is 2.29. The van der Waals surface area contributed by atoms with Gasteiger partial charge in [0.2, 0.25) is 0 Å². The summed E-state index contributed by atoms with van der Waals surface area (Å²) in [4.78, 5) is 58.6. The molecule has 18 heteroatoms. The van der Waals surface area contributed by atoms with Gasteiger partial charge in [0.05, 0.1) is 26.4 Å². The summed E-state index contributed by atoms with van der Waals surface area (Å²) in [7, 11) is -9.81. The zero-order chi connectivity index (χ0) is 75.2. The van der Waals surface area contributed by atoms with Gasteiger partial charge in [-0.15, -0.1) is 0 Å². The van der Waals surface area contributed by atoms with Crippen molar-refractivity contribution in [3.63, 3.8) is 0 Å². The van der Waals surface area contributed by atoms with E-state index in [1.165, 1.54) is 154 Å². The van der Waals surface area contributed by atoms with Crippen LogP contribution in [0, 0.1) is 0 Å². The predicted molar refractivity (Wildman–Crippen MR) is 426 cm³/mol. The van der Waals surface area contributed by atoms with Gasteiger partial charge in [-0.25, -0.2) is 9.13 Å². The average molecular weight is 1490 g/mol. The molecule has 0 saturated carbocycles. The van der Waals surface area contributed by atoms with Crippen molar-refractivity contribution < 1.29 is 75.8 Å². The number of hydrogen-bond donors (Lipinski definition) is 4. The molecule has 5 atom stereocenters. The molecule has 0 aromatic heterocycles. The van der Waals surface area contributed by atoms with E-state index in [9.17, 15) is 43.5 Å². The van der Waals surface area contributed by atoms with Crippen LogP contribution in [0.4, 0.5) is 0 Å². The number of allylic oxidation sites excluding steroid dienone is 22. The standard InChI is InChI=1S/C85H146O16P2/c1-4-7-10-13-16-19-22-25-28-30-32-33-34-35-36-37-38-39-40-41-42-43-44-45-47-49-51-53-56-59-62-65-68-71-83(88)95-74-80(86)75-97-102(91,92)98-76-81(87)77-99-103(93,94)100-79-82(101-85(90)73-70-67-64-61-58-55-50-27-24-21-18-15-12-9-6-3)78-96-84(89)72-69-66-63-60-57-54-52-48-46-31-29-26-23-20-17-14-11-8-5-2/h7-8,10-11,16-17,19-20,25-26,28-29,32-33,35-36,46,48,54,57,63,66,80-82,86-87H,4-6,9,12-15,18,21-24,27,30-31,34,37-45,47,49-53,55-56,58-62,64-65,67-79H2,1-3H3,(H,91,92)(H,93,94)/b10-7-,11-8-,19-16-,20-17-,28-25-,29-26-,33-32-,36-35-,48-46-,57-54-,66-63-. The average Bonchev–Trinajstić information content (AvgIpc) is 0.917. The molecular formula is C85H146O16P2. The van der Waals surface area contributed by atoms with E-state index in [-0.39, 0.29) is 19.3 Å². The van der Waals surface area contributed by atoms with Crippen LogP contribution in [-0.2, 0) is 55.8 Å². The number of aliphatic hydroxyl groups excluding tert-OH is 2. The highest BCUT2D eigenvalue weighted by atomic mass is 31.2. The molecule has 0 spiro atoms. The molecule has 0 rings (SSSR count). The molecule has 0 radical (unpaired) electrons. The molecule has 16 nitrogen and oxygen atoms in total. The third kappa shape index (κ3) is 78.6. The summed E-state index contributed by atoms with van der Waals surface area (Å²) in [6, 6.07) is 0. The van der Waals surface area contributed by atoms with Gasteiger partial charge >= 0.3 is 33.6 Å². The van der Waals surface area contributed by atoms with Crippen molar-refractivity contribution in [1.82, 2.24) is 0 Å². The van der Waals surface area contributed by atoms with E-state index < -0.39 is 91.5 Å². The summed E-state index contributed by atoms with van der Waals surface area (Å²) < 4.78 is 61.1. The summed E-state index contributed by atoms with van der Waals surface area (Å²) in [5.74, 6) is -1.66. The lowest BCUT2D eigenvalue weighted by atomic mass is 10.0. The molecule has 0 bridgehead atoms. The fourth-order valence-electron chi connectivity index (χ4n) is 10.8. The van der Waals surface area contributed by atoms with Crippen LogP contribution < -0.4 is 0 Å². The van der Waals surface area contributed by atoms with Gasteiger partial charge in [-0.3, -0.25) is 32.5 Å². The molecule has 0 aromatic rings. The van der Waals surface area contributed by atoms with E-state index in [0.717, 1.165) is 109 Å². The Kier molecular flexibility index (Phi) is 74.1. The van der Waals surface area contributed by atoms with Gasteiger partial charge in [-0.2, -0.15) is 0 Å². The van der Waals surface area contributed by atoms with E-state index in [2.05, 4.69) is 136 Å². The lowest BCUT2D eigenvalue weighted by Crippen LogP contribution is -2.30. The summed E-state index contributed by atoms with van der Waals surface area (Å²) in [5.41, 5.74) is 0. The maximum Gasteiger partial charge on any atom is 0.472 e. The first-order valence-corrected chi connectivity index (χ1v) is 43.5. The second-order valence-corrected chi connectivity index (χ2v) is 29.7. The number of aliphatic hydroxyl groups is 2. The second kappa shape index (κ2) is 77.3. The highest BCUT2D eigenvalue weighted by Crippen LogP contribution is 2.45. The first-order chi connectivity index (χ1) is 50.2. The molecule has 0 aromatic carbocycles. The van der Waals surface area contributed by atoms with Crippen LogP contribution >= 0.6 is 15.6 Å². The van der Waals surface area contributed by atoms with Gasteiger partial charge in [0, 0.05) is 19.3 Å². The van der Waals surface area contributed by atoms with Crippen molar-refractivity contribution in [3.8, 4) is 0 Å². The summed E-state index contributed by atoms with van der Waals surface area (Å²) in [6.07, 6.45) is 93.9. The molecule has 0 fully saturated rings. The number of phosphoric acid groups is 2. The highest BCUT2D eigenvalue weighted by molar-refractivity contribution is 7.47. The van der Waals surface area contributed by atoms with Crippen molar-refractivity contribution >= 4 is 33.6 Å². The summed E-state index contributed by atoms with van der Waals surface area (Å²) >= 11 is 0. The van der Waals surface area contributed by atoms with E-state index >= 15 is 0 Å². The molecular weight excluding hydrogens is 1340 g/mol. The minimum Gasteiger partial charge on any atom is -0.463 e. The van der Waals surface area contributed by atoms with Gasteiger partial charge in [-0.05, 0) is 103 Å². The number of phosphoric ester groups is 2. The third-order valence-corrected chi connectivity index (χ3v) is 18.8. The molecule has 0 aliphatic heterocycles. The molecule has 0 aliphatic carbocycles. The van der Waals surface area contributed by atoms with Crippen LogP contribution in [0.2, 0.25) is 0 Å². The predicted octanol–water partition coefficient (Wildman–Crippen LogP) is 23.9. The number of carbonyl (C=O) groups excluding carboxylic acids is 3. The van der Waals surface area contributed by atoms with Gasteiger partial charge in [-0.1, -0.05) is 341 Å². The first kappa shape index (κ1) is 98.7. The Hall–Kier alpha value is -4.31. The van der Waals surface area contributed by atoms with Crippen molar-refractivity contribution in [3.05, 3.63) is 134 Å². The maximum atomic E-state index is 13.0. The van der Waals surface area contributed by atoms with Crippen molar-refractivity contribution in [1.29, 1.82) is 0 Å². The number of ether oxygens (including phenoxy) is 3. The van der Waals surface area contributed by atoms with Crippen LogP contribution in [0.3, 0.4) is 0 Å². The van der Waals surface area contributed by atoms with Gasteiger partial charge in [0.1, 0.15) is 25.4 Å². The fraction of sp³-hybridized carbons (Fsp3) is 0.706. The molecule has 4 N–H and O–H groups in total. The minimum absolute atomic E-state index is 0.0453. The Morgan fingerprint density at radius 1 is 0.282 bits per heavy atom. The lowest BCUT2D eigenvalue weighted by molar-refractivity contribution is -0.161. The normalized spacial score (nSPS) is 14.7. The summed E-state index contributed by atoms with van der Waals surface area (Å²) in [6.45, 7) is 2.39. The smallest absolute Gasteiger partial charge is 0.463 e. The number of hydrogen-bond acceptors (Lipinski definition) is 14. The van der Waals surface area contributed by atoms with Crippen LogP contribution in [0.25, 0.3) is 0 Å². The Balaban J connectivity index is 4.47. The van der Waals surface area contributed by atoms with Crippen LogP contribution in [0.1, 0.15) is 329 Å². The van der Waals surface area contributed by atoms with Gasteiger partial charge in [0.15, 0.2) is 6.10 Å². The fourth-order valence-corrected chi connectivity index (χ4v) is 12.4. The number of esters is 3. The number of unbranched alkanes of at least 4 members (excludes halogenated alkanes) is 31. The maximum absolute atomic E-state index is 13.0. The Bertz CT molecular complexity index is 2410. The number of rotatable bonds is 76. The summed E-state index contributed by atoms with van der Waals surface area (Å²) in [5, 5.41) is 20.6. The third-order valence-electron chi connectivity index (χ3n) is 16.9. The topological polar surface area (TPSA) is 231 Å². The quantitative estimate of drug-likeness (QED) is 0.0146. The molecule has 592 valence electrons. The van der Waals surface area contributed by atoms with Crippen LogP contribution in [0.15, 0.2) is 134 Å². The Labute approximate surface area is 626 Å². The van der Waals surface area contributed by atoms with Gasteiger partial charge < -0.3 is 34.2 Å². The van der Waals surface area contributed by atoms with Crippen LogP contribution in [-0.4, -0.2) is 95.9 Å². The molecule has 5 unspecified atom stereocenters. The van der Waals surface area contributed by atoms with Crippen molar-refractivity contribution in [2.75, 3.05) is 39.6 Å². The second-order valence-electron chi connectivity index (χ2n) is 26.8. The number of carbonyl (C=O) groups is 3. The zero-order valence-corrected chi connectivity index (χ0v) is 66.5. The molecule has 0 amide bonds. The van der Waals surface area contributed by atoms with Gasteiger partial charge in [0.25, 0.3) is 0 Å². The minimum atomic E-state index is -4.94. The zero-order valence-electron chi connectivity index (χ0n) is 64.7. The Morgan fingerprint density at radius 3 is 0.874 bits per heavy atom. The SMILES string of the molecule is CC/C=C\C/C=C\C/C=C\C/C=C\C/C=C\C/C=C\CCC(=O)OCC(COP(=O)(O)OCC(O)COP(=O)(O)OCC(O)COC(=O)CCCCCCCCCCCCCCCCCCC/C=C\C/C=C\C/C=C\C/C=C\C/C=C\CC)OC(=O)CCCCCCCCCCCCCCCCC. The van der Waals surface area contributed by atoms with E-state index in [0.29, 0.717) is 25.7 Å². The van der Waals surface area contributed by atoms with Crippen molar-refractivity contribution in [2.45, 2.75) is 347 Å². The van der Waals surface area contributed by atoms with E-state index in [1.54, 1.807) is 0 Å². The molecule has 0 saturated heterocycles. The monoisotopic (exact) mass is 1490 g/mol. The first-order valence-electron chi connectivity index (χ1n) is 40.5. The molecule has 0 heterocycles. The largest absolute Gasteiger partial charge is 0.472 e. The molecule has 103 heavy (non-hydrogen) atoms. The molecule has 0 aliphatic rings. The van der Waals surface area contributed by atoms with E-state index in [1.807, 2.05) is 18.2 Å². The van der Waals surface area contributed by atoms with Crippen molar-refractivity contribution in [2.24, 2.45) is 0 Å². The Morgan fingerprint density at radius 2 is 0.534 bits per heavy atom. The van der Waals surface area contributed by atoms with E-state index in [4.69, 9.17) is 32.3 Å². The lowest BCUT2D eigenvalue weighted by Gasteiger charge is -2.21.